The van der Waals surface area contributed by atoms with Crippen molar-refractivity contribution in [2.45, 2.75) is 12.8 Å². The molecule has 0 saturated carbocycles. The summed E-state index contributed by atoms with van der Waals surface area (Å²) in [5.74, 6) is 1.31. The van der Waals surface area contributed by atoms with Gasteiger partial charge in [-0.2, -0.15) is 0 Å². The number of carbonyl (C=O) groups is 1. The topological polar surface area (TPSA) is 75.2 Å². The van der Waals surface area contributed by atoms with E-state index < -0.39 is 0 Å². The standard InChI is InChI=1S/C24H32N4O3/c1-19-8-10-21(11-9-19)31-15-12-26-24(25-2)27-18-22(20-6-4-3-5-7-20)23(29)28-13-16-30-17-14-28/h3-11,22H,12-18H2,1-2H3,(H2,25,26,27). The Kier molecular flexibility index (Phi) is 8.72. The van der Waals surface area contributed by atoms with Gasteiger partial charge in [0.2, 0.25) is 5.91 Å². The Balaban J connectivity index is 1.52. The predicted molar refractivity (Wildman–Crippen MR) is 123 cm³/mol. The van der Waals surface area contributed by atoms with E-state index in [2.05, 4.69) is 15.6 Å². The maximum atomic E-state index is 13.2. The minimum atomic E-state index is -0.290. The minimum absolute atomic E-state index is 0.111. The Labute approximate surface area is 184 Å². The van der Waals surface area contributed by atoms with Gasteiger partial charge in [0, 0.05) is 26.7 Å². The normalized spacial score (nSPS) is 15.3. The molecule has 7 heteroatoms. The van der Waals surface area contributed by atoms with Crippen LogP contribution in [0.4, 0.5) is 0 Å². The molecular formula is C24H32N4O3. The SMILES string of the molecule is CN=C(NCCOc1ccc(C)cc1)NCC(C(=O)N1CCOCC1)c1ccccc1. The van der Waals surface area contributed by atoms with Gasteiger partial charge in [0.15, 0.2) is 5.96 Å². The molecule has 0 aliphatic carbocycles. The van der Waals surface area contributed by atoms with Crippen LogP contribution in [0.1, 0.15) is 17.0 Å². The lowest BCUT2D eigenvalue weighted by Crippen LogP contribution is -2.47. The fourth-order valence-electron chi connectivity index (χ4n) is 3.43. The molecular weight excluding hydrogens is 392 g/mol. The first kappa shape index (κ1) is 22.6. The van der Waals surface area contributed by atoms with Crippen molar-refractivity contribution in [2.75, 3.05) is 53.0 Å². The van der Waals surface area contributed by atoms with Gasteiger partial charge < -0.3 is 25.0 Å². The lowest BCUT2D eigenvalue weighted by atomic mass is 9.97. The van der Waals surface area contributed by atoms with E-state index >= 15 is 0 Å². The summed E-state index contributed by atoms with van der Waals surface area (Å²) in [6.07, 6.45) is 0. The smallest absolute Gasteiger partial charge is 0.232 e. The number of amides is 1. The van der Waals surface area contributed by atoms with Crippen LogP contribution in [-0.2, 0) is 9.53 Å². The van der Waals surface area contributed by atoms with Crippen molar-refractivity contribution in [3.05, 3.63) is 65.7 Å². The molecule has 1 saturated heterocycles. The van der Waals surface area contributed by atoms with Gasteiger partial charge in [-0.1, -0.05) is 48.0 Å². The highest BCUT2D eigenvalue weighted by atomic mass is 16.5. The lowest BCUT2D eigenvalue weighted by molar-refractivity contribution is -0.136. The molecule has 2 aromatic carbocycles. The van der Waals surface area contributed by atoms with Crippen LogP contribution >= 0.6 is 0 Å². The first-order chi connectivity index (χ1) is 15.2. The number of hydrogen-bond acceptors (Lipinski definition) is 4. The first-order valence-electron chi connectivity index (χ1n) is 10.7. The van der Waals surface area contributed by atoms with E-state index in [0.29, 0.717) is 52.0 Å². The summed E-state index contributed by atoms with van der Waals surface area (Å²) in [6, 6.07) is 17.9. The van der Waals surface area contributed by atoms with Crippen molar-refractivity contribution in [3.63, 3.8) is 0 Å². The number of rotatable bonds is 8. The Morgan fingerprint density at radius 3 is 2.48 bits per heavy atom. The Morgan fingerprint density at radius 1 is 1.10 bits per heavy atom. The summed E-state index contributed by atoms with van der Waals surface area (Å²) in [6.45, 7) is 6.05. The highest BCUT2D eigenvalue weighted by molar-refractivity contribution is 5.86. The second-order valence-electron chi connectivity index (χ2n) is 7.44. The number of guanidine groups is 1. The zero-order valence-corrected chi connectivity index (χ0v) is 18.3. The molecule has 0 aromatic heterocycles. The molecule has 1 unspecified atom stereocenters. The Morgan fingerprint density at radius 2 is 1.81 bits per heavy atom. The molecule has 3 rings (SSSR count). The number of aryl methyl sites for hydroxylation is 1. The Hall–Kier alpha value is -3.06. The van der Waals surface area contributed by atoms with Gasteiger partial charge in [0.1, 0.15) is 12.4 Å². The van der Waals surface area contributed by atoms with Crippen LogP contribution in [-0.4, -0.2) is 69.8 Å². The largest absolute Gasteiger partial charge is 0.492 e. The van der Waals surface area contributed by atoms with Crippen molar-refractivity contribution in [1.82, 2.24) is 15.5 Å². The summed E-state index contributed by atoms with van der Waals surface area (Å²) in [5.41, 5.74) is 2.19. The van der Waals surface area contributed by atoms with Crippen LogP contribution in [0, 0.1) is 6.92 Å². The minimum Gasteiger partial charge on any atom is -0.492 e. The number of morpholine rings is 1. The van der Waals surface area contributed by atoms with Gasteiger partial charge in [0.25, 0.3) is 0 Å². The molecule has 1 atom stereocenters. The number of hydrogen-bond donors (Lipinski definition) is 2. The molecule has 31 heavy (non-hydrogen) atoms. The van der Waals surface area contributed by atoms with Crippen molar-refractivity contribution in [2.24, 2.45) is 4.99 Å². The van der Waals surface area contributed by atoms with E-state index in [1.54, 1.807) is 7.05 Å². The van der Waals surface area contributed by atoms with E-state index in [9.17, 15) is 4.79 Å². The molecule has 1 heterocycles. The summed E-state index contributed by atoms with van der Waals surface area (Å²) in [7, 11) is 1.72. The van der Waals surface area contributed by atoms with Crippen LogP contribution in [0.15, 0.2) is 59.6 Å². The van der Waals surface area contributed by atoms with Gasteiger partial charge in [-0.05, 0) is 24.6 Å². The van der Waals surface area contributed by atoms with Gasteiger partial charge in [-0.25, -0.2) is 0 Å². The maximum Gasteiger partial charge on any atom is 0.232 e. The second kappa shape index (κ2) is 12.0. The number of nitrogens with zero attached hydrogens (tertiary/aromatic N) is 2. The average Bonchev–Trinajstić information content (AvgIpc) is 2.82. The van der Waals surface area contributed by atoms with Crippen molar-refractivity contribution in [1.29, 1.82) is 0 Å². The third-order valence-corrected chi connectivity index (χ3v) is 5.20. The summed E-state index contributed by atoms with van der Waals surface area (Å²) in [4.78, 5) is 19.3. The molecule has 2 N–H and O–H groups in total. The second-order valence-corrected chi connectivity index (χ2v) is 7.44. The summed E-state index contributed by atoms with van der Waals surface area (Å²) in [5, 5.41) is 6.54. The molecule has 0 radical (unpaired) electrons. The zero-order valence-electron chi connectivity index (χ0n) is 18.3. The maximum absolute atomic E-state index is 13.2. The summed E-state index contributed by atoms with van der Waals surface area (Å²) >= 11 is 0. The fourth-order valence-corrected chi connectivity index (χ4v) is 3.43. The van der Waals surface area contributed by atoms with Crippen molar-refractivity contribution in [3.8, 4) is 5.75 Å². The molecule has 166 valence electrons. The van der Waals surface area contributed by atoms with E-state index in [1.165, 1.54) is 5.56 Å². The molecule has 0 spiro atoms. The molecule has 1 aliphatic rings. The first-order valence-corrected chi connectivity index (χ1v) is 10.7. The number of nitrogens with one attached hydrogen (secondary N) is 2. The van der Waals surface area contributed by atoms with Crippen LogP contribution in [0.3, 0.4) is 0 Å². The van der Waals surface area contributed by atoms with Crippen LogP contribution < -0.4 is 15.4 Å². The molecule has 7 nitrogen and oxygen atoms in total. The zero-order chi connectivity index (χ0) is 21.9. The number of aliphatic imine (C=N–C) groups is 1. The van der Waals surface area contributed by atoms with Crippen LogP contribution in [0.5, 0.6) is 5.75 Å². The molecule has 1 amide bonds. The number of carbonyl (C=O) groups excluding carboxylic acids is 1. The number of ether oxygens (including phenoxy) is 2. The van der Waals surface area contributed by atoms with Crippen LogP contribution in [0.2, 0.25) is 0 Å². The van der Waals surface area contributed by atoms with E-state index in [0.717, 1.165) is 11.3 Å². The number of benzene rings is 2. The van der Waals surface area contributed by atoms with E-state index in [4.69, 9.17) is 9.47 Å². The predicted octanol–water partition coefficient (Wildman–Crippen LogP) is 2.18. The van der Waals surface area contributed by atoms with Gasteiger partial charge in [0.05, 0.1) is 25.7 Å². The third kappa shape index (κ3) is 7.00. The highest BCUT2D eigenvalue weighted by Gasteiger charge is 2.27. The molecule has 2 aromatic rings. The van der Waals surface area contributed by atoms with E-state index in [1.807, 2.05) is 66.4 Å². The molecule has 0 bridgehead atoms. The van der Waals surface area contributed by atoms with Gasteiger partial charge in [-0.3, -0.25) is 9.79 Å². The van der Waals surface area contributed by atoms with Gasteiger partial charge >= 0.3 is 0 Å². The van der Waals surface area contributed by atoms with Crippen LogP contribution in [0.25, 0.3) is 0 Å². The average molecular weight is 425 g/mol. The van der Waals surface area contributed by atoms with E-state index in [-0.39, 0.29) is 11.8 Å². The third-order valence-electron chi connectivity index (χ3n) is 5.20. The fraction of sp³-hybridized carbons (Fsp3) is 0.417. The summed E-state index contributed by atoms with van der Waals surface area (Å²) < 4.78 is 11.1. The highest BCUT2D eigenvalue weighted by Crippen LogP contribution is 2.19. The molecule has 1 aliphatic heterocycles. The Bertz CT molecular complexity index is 834. The van der Waals surface area contributed by atoms with Gasteiger partial charge in [-0.15, -0.1) is 0 Å². The van der Waals surface area contributed by atoms with Crippen molar-refractivity contribution < 1.29 is 14.3 Å². The lowest BCUT2D eigenvalue weighted by Gasteiger charge is -2.31. The monoisotopic (exact) mass is 424 g/mol. The van der Waals surface area contributed by atoms with Crippen molar-refractivity contribution >= 4 is 11.9 Å². The molecule has 1 fully saturated rings. The quantitative estimate of drug-likeness (QED) is 0.386.